The van der Waals surface area contributed by atoms with Crippen molar-refractivity contribution >= 4 is 39.9 Å². The van der Waals surface area contributed by atoms with Crippen LogP contribution in [0.5, 0.6) is 0 Å². The number of hydrogen-bond donors (Lipinski definition) is 1. The van der Waals surface area contributed by atoms with Crippen LogP contribution in [0.1, 0.15) is 37.0 Å². The molecule has 0 radical (unpaired) electrons. The van der Waals surface area contributed by atoms with Crippen molar-refractivity contribution in [2.75, 3.05) is 19.6 Å². The molecule has 2 aliphatic carbocycles. The lowest BCUT2D eigenvalue weighted by Gasteiger charge is -2.23. The highest BCUT2D eigenvalue weighted by Gasteiger charge is 2.57. The van der Waals surface area contributed by atoms with E-state index in [4.69, 9.17) is 4.99 Å². The smallest absolute Gasteiger partial charge is 0.256 e. The number of nitrogens with zero attached hydrogens (tertiary/aromatic N) is 3. The summed E-state index contributed by atoms with van der Waals surface area (Å²) in [7, 11) is 0. The lowest BCUT2D eigenvalue weighted by atomic mass is 10.1. The molecule has 0 bridgehead atoms. The Kier molecular flexibility index (Phi) is 4.16. The first-order chi connectivity index (χ1) is 16.1. The Morgan fingerprint density at radius 1 is 1.12 bits per heavy atom. The zero-order chi connectivity index (χ0) is 22.2. The van der Waals surface area contributed by atoms with Crippen molar-refractivity contribution in [3.63, 3.8) is 0 Å². The maximum Gasteiger partial charge on any atom is 0.256 e. The van der Waals surface area contributed by atoms with Gasteiger partial charge in [-0.3, -0.25) is 19.5 Å². The fourth-order valence-electron chi connectivity index (χ4n) is 5.30. The van der Waals surface area contributed by atoms with E-state index in [1.54, 1.807) is 11.3 Å². The van der Waals surface area contributed by atoms with Gasteiger partial charge in [0.05, 0.1) is 4.88 Å². The number of aromatic nitrogens is 1. The topological polar surface area (TPSA) is 68.8 Å². The summed E-state index contributed by atoms with van der Waals surface area (Å²) in [6, 6.07) is 12.8. The lowest BCUT2D eigenvalue weighted by Crippen LogP contribution is -2.40. The van der Waals surface area contributed by atoms with Gasteiger partial charge in [-0.1, -0.05) is 12.1 Å². The molecule has 7 rings (SSSR count). The third-order valence-electron chi connectivity index (χ3n) is 7.57. The fourth-order valence-corrected chi connectivity index (χ4v) is 6.30. The van der Waals surface area contributed by atoms with Crippen molar-refractivity contribution in [3.8, 4) is 10.4 Å². The number of rotatable bonds is 5. The van der Waals surface area contributed by atoms with E-state index in [1.165, 1.54) is 15.8 Å². The molecule has 1 aromatic carbocycles. The summed E-state index contributed by atoms with van der Waals surface area (Å²) in [5.74, 6) is 1.90. The minimum absolute atomic E-state index is 0.159. The number of aromatic amines is 1. The molecular formula is C26H26N4O2S. The van der Waals surface area contributed by atoms with E-state index in [9.17, 15) is 9.59 Å². The number of fused-ring (bicyclic) bond motifs is 1. The molecule has 4 heterocycles. The van der Waals surface area contributed by atoms with E-state index < -0.39 is 5.54 Å². The summed E-state index contributed by atoms with van der Waals surface area (Å²) in [4.78, 5) is 40.2. The molecule has 3 aromatic rings. The van der Waals surface area contributed by atoms with E-state index in [2.05, 4.69) is 41.4 Å². The van der Waals surface area contributed by atoms with Crippen LogP contribution in [0.3, 0.4) is 0 Å². The summed E-state index contributed by atoms with van der Waals surface area (Å²) in [6.07, 6.45) is 6.72. The number of aliphatic imine (C=N–C) groups is 1. The van der Waals surface area contributed by atoms with Crippen LogP contribution in [0.15, 0.2) is 47.6 Å². The van der Waals surface area contributed by atoms with Gasteiger partial charge in [0.25, 0.3) is 5.91 Å². The van der Waals surface area contributed by atoms with Crippen LogP contribution in [0.2, 0.25) is 0 Å². The third kappa shape index (κ3) is 3.24. The highest BCUT2D eigenvalue weighted by Crippen LogP contribution is 2.47. The van der Waals surface area contributed by atoms with Gasteiger partial charge in [-0.15, -0.1) is 11.3 Å². The summed E-state index contributed by atoms with van der Waals surface area (Å²) in [5.41, 5.74) is 1.79. The van der Waals surface area contributed by atoms with Crippen molar-refractivity contribution in [3.05, 3.63) is 47.5 Å². The van der Waals surface area contributed by atoms with Crippen molar-refractivity contribution in [1.29, 1.82) is 0 Å². The van der Waals surface area contributed by atoms with Crippen LogP contribution < -0.4 is 0 Å². The summed E-state index contributed by atoms with van der Waals surface area (Å²) in [5, 5.41) is 1.20. The fraction of sp³-hybridized carbons (Fsp3) is 0.423. The first kappa shape index (κ1) is 19.5. The van der Waals surface area contributed by atoms with Gasteiger partial charge in [0.15, 0.2) is 0 Å². The van der Waals surface area contributed by atoms with Crippen LogP contribution in [-0.2, 0) is 9.59 Å². The maximum atomic E-state index is 13.3. The Morgan fingerprint density at radius 3 is 2.79 bits per heavy atom. The van der Waals surface area contributed by atoms with Gasteiger partial charge >= 0.3 is 0 Å². The Bertz CT molecular complexity index is 1310. The van der Waals surface area contributed by atoms with Crippen LogP contribution >= 0.6 is 11.3 Å². The predicted molar refractivity (Wildman–Crippen MR) is 129 cm³/mol. The molecule has 1 saturated heterocycles. The minimum atomic E-state index is -0.509. The molecule has 2 amide bonds. The predicted octanol–water partition coefficient (Wildman–Crippen LogP) is 4.28. The second-order valence-corrected chi connectivity index (χ2v) is 11.1. The monoisotopic (exact) mass is 458 g/mol. The zero-order valence-electron chi connectivity index (χ0n) is 18.4. The molecule has 168 valence electrons. The van der Waals surface area contributed by atoms with E-state index >= 15 is 0 Å². The molecule has 2 aromatic heterocycles. The lowest BCUT2D eigenvalue weighted by molar-refractivity contribution is -0.131. The number of amides is 2. The van der Waals surface area contributed by atoms with Gasteiger partial charge in [0, 0.05) is 42.1 Å². The maximum absolute atomic E-state index is 13.3. The van der Waals surface area contributed by atoms with E-state index in [0.717, 1.165) is 61.4 Å². The first-order valence-electron chi connectivity index (χ1n) is 12.0. The standard InChI is InChI=1S/C26H26N4O2S/c31-24(18-2-3-18)29-12-8-16(14-29)15-30-23(28-26(9-10-26)25(30)32)22-6-5-21(33-22)19-4-1-17-7-11-27-20(17)13-19/h1,4-7,11,13,16,18,27H,2-3,8-10,12,14-15H2/t16-/m1/s1. The minimum Gasteiger partial charge on any atom is -0.361 e. The summed E-state index contributed by atoms with van der Waals surface area (Å²) in [6.45, 7) is 2.25. The number of hydrogen-bond acceptors (Lipinski definition) is 4. The molecule has 1 atom stereocenters. The highest BCUT2D eigenvalue weighted by molar-refractivity contribution is 7.17. The molecule has 3 fully saturated rings. The number of thiophene rings is 1. The van der Waals surface area contributed by atoms with Gasteiger partial charge in [0.1, 0.15) is 11.4 Å². The molecule has 2 saturated carbocycles. The van der Waals surface area contributed by atoms with Crippen molar-refractivity contribution < 1.29 is 9.59 Å². The molecule has 33 heavy (non-hydrogen) atoms. The van der Waals surface area contributed by atoms with Crippen LogP contribution in [0, 0.1) is 11.8 Å². The molecule has 1 N–H and O–H groups in total. The van der Waals surface area contributed by atoms with Gasteiger partial charge in [0.2, 0.25) is 5.91 Å². The number of carbonyl (C=O) groups excluding carboxylic acids is 2. The van der Waals surface area contributed by atoms with Gasteiger partial charge < -0.3 is 9.88 Å². The molecule has 1 spiro atoms. The molecule has 6 nitrogen and oxygen atoms in total. The first-order valence-corrected chi connectivity index (χ1v) is 12.8. The Labute approximate surface area is 196 Å². The van der Waals surface area contributed by atoms with Crippen LogP contribution in [0.4, 0.5) is 0 Å². The van der Waals surface area contributed by atoms with Crippen molar-refractivity contribution in [2.24, 2.45) is 16.8 Å². The SMILES string of the molecule is O=C(C1CC1)N1CC[C@@H](CN2C(=O)C3(CC3)N=C2c2ccc(-c3ccc4cc[nH]c4c3)s2)C1. The van der Waals surface area contributed by atoms with Crippen molar-refractivity contribution in [2.45, 2.75) is 37.6 Å². The average Bonchev–Trinajstić information content (AvgIpc) is 3.59. The zero-order valence-corrected chi connectivity index (χ0v) is 19.2. The van der Waals surface area contributed by atoms with Crippen LogP contribution in [0.25, 0.3) is 21.3 Å². The van der Waals surface area contributed by atoms with Gasteiger partial charge in [-0.2, -0.15) is 0 Å². The Morgan fingerprint density at radius 2 is 1.97 bits per heavy atom. The van der Waals surface area contributed by atoms with E-state index in [-0.39, 0.29) is 11.8 Å². The molecule has 7 heteroatoms. The van der Waals surface area contributed by atoms with E-state index in [1.807, 2.05) is 16.0 Å². The van der Waals surface area contributed by atoms with E-state index in [0.29, 0.717) is 18.4 Å². The molecular weight excluding hydrogens is 432 g/mol. The van der Waals surface area contributed by atoms with Gasteiger partial charge in [-0.05, 0) is 73.2 Å². The molecule has 0 unspecified atom stereocenters. The average molecular weight is 459 g/mol. The second-order valence-electron chi connectivity index (χ2n) is 10.0. The Balaban J connectivity index is 1.14. The largest absolute Gasteiger partial charge is 0.361 e. The summed E-state index contributed by atoms with van der Waals surface area (Å²) >= 11 is 1.70. The summed E-state index contributed by atoms with van der Waals surface area (Å²) < 4.78 is 0. The normalized spacial score (nSPS) is 23.7. The third-order valence-corrected chi connectivity index (χ3v) is 8.70. The van der Waals surface area contributed by atoms with Crippen molar-refractivity contribution in [1.82, 2.24) is 14.8 Å². The number of H-pyrrole nitrogens is 1. The van der Waals surface area contributed by atoms with Crippen LogP contribution in [-0.4, -0.2) is 57.6 Å². The highest BCUT2D eigenvalue weighted by atomic mass is 32.1. The number of amidine groups is 1. The molecule has 4 aliphatic rings. The quantitative estimate of drug-likeness (QED) is 0.620. The number of nitrogens with one attached hydrogen (secondary N) is 1. The second kappa shape index (κ2) is 7.03. The number of likely N-dealkylation sites (tertiary alicyclic amines) is 1. The van der Waals surface area contributed by atoms with Gasteiger partial charge in [-0.25, -0.2) is 0 Å². The molecule has 2 aliphatic heterocycles. The number of carbonyl (C=O) groups is 2. The Hall–Kier alpha value is -2.93. The number of benzene rings is 1.